The zero-order valence-corrected chi connectivity index (χ0v) is 13.6. The van der Waals surface area contributed by atoms with E-state index in [0.717, 1.165) is 4.47 Å². The van der Waals surface area contributed by atoms with Gasteiger partial charge in [0.25, 0.3) is 0 Å². The minimum Gasteiger partial charge on any atom is -0.462 e. The van der Waals surface area contributed by atoms with E-state index in [0.29, 0.717) is 34.4 Å². The Labute approximate surface area is 135 Å². The average molecular weight is 371 g/mol. The Kier molecular flexibility index (Phi) is 5.09. The fraction of sp³-hybridized carbons (Fsp3) is 0.133. The van der Waals surface area contributed by atoms with Crippen LogP contribution in [0.5, 0.6) is 11.5 Å². The largest absolute Gasteiger partial charge is 0.462 e. The van der Waals surface area contributed by atoms with Gasteiger partial charge in [0.05, 0.1) is 22.9 Å². The zero-order valence-electron chi connectivity index (χ0n) is 11.2. The Bertz CT molecular complexity index is 676. The summed E-state index contributed by atoms with van der Waals surface area (Å²) >= 11 is 9.41. The van der Waals surface area contributed by atoms with E-state index in [1.807, 2.05) is 6.07 Å². The number of carbonyl (C=O) groups excluding carboxylic acids is 1. The van der Waals surface area contributed by atoms with Crippen molar-refractivity contribution in [3.05, 3.63) is 51.5 Å². The van der Waals surface area contributed by atoms with E-state index in [2.05, 4.69) is 15.9 Å². The molecule has 0 saturated heterocycles. The van der Waals surface area contributed by atoms with Crippen LogP contribution in [0, 0.1) is 0 Å². The van der Waals surface area contributed by atoms with Gasteiger partial charge in [0.2, 0.25) is 0 Å². The Balaban J connectivity index is 2.23. The quantitative estimate of drug-likeness (QED) is 0.628. The predicted molar refractivity (Wildman–Crippen MR) is 86.0 cm³/mol. The van der Waals surface area contributed by atoms with E-state index in [1.54, 1.807) is 31.2 Å². The molecule has 0 atom stereocenters. The van der Waals surface area contributed by atoms with Crippen molar-refractivity contribution in [2.75, 3.05) is 12.3 Å². The second-order valence-corrected chi connectivity index (χ2v) is 5.47. The molecular weight excluding hydrogens is 358 g/mol. The predicted octanol–water partition coefficient (Wildman–Crippen LogP) is 4.65. The van der Waals surface area contributed by atoms with Crippen molar-refractivity contribution in [2.24, 2.45) is 0 Å². The van der Waals surface area contributed by atoms with Gasteiger partial charge >= 0.3 is 5.97 Å². The molecule has 2 aromatic carbocycles. The van der Waals surface area contributed by atoms with Crippen molar-refractivity contribution >= 4 is 39.2 Å². The second kappa shape index (κ2) is 6.83. The van der Waals surface area contributed by atoms with Gasteiger partial charge in [0.1, 0.15) is 11.5 Å². The lowest BCUT2D eigenvalue weighted by molar-refractivity contribution is 0.0526. The van der Waals surface area contributed by atoms with Crippen LogP contribution in [0.2, 0.25) is 5.02 Å². The van der Waals surface area contributed by atoms with Gasteiger partial charge in [-0.25, -0.2) is 4.79 Å². The van der Waals surface area contributed by atoms with E-state index in [4.69, 9.17) is 26.8 Å². The summed E-state index contributed by atoms with van der Waals surface area (Å²) in [4.78, 5) is 11.6. The third-order valence-corrected chi connectivity index (χ3v) is 3.42. The summed E-state index contributed by atoms with van der Waals surface area (Å²) in [7, 11) is 0. The number of nitrogen functional groups attached to an aromatic ring is 1. The van der Waals surface area contributed by atoms with Crippen molar-refractivity contribution in [1.82, 2.24) is 0 Å². The van der Waals surface area contributed by atoms with Crippen LogP contribution in [0.4, 0.5) is 5.69 Å². The number of anilines is 1. The van der Waals surface area contributed by atoms with Crippen molar-refractivity contribution in [3.8, 4) is 11.5 Å². The molecule has 0 aliphatic carbocycles. The molecule has 0 aromatic heterocycles. The highest BCUT2D eigenvalue weighted by Gasteiger charge is 2.11. The van der Waals surface area contributed by atoms with Crippen molar-refractivity contribution in [3.63, 3.8) is 0 Å². The van der Waals surface area contributed by atoms with Gasteiger partial charge in [-0.05, 0) is 43.3 Å². The Hall–Kier alpha value is -1.72. The minimum absolute atomic E-state index is 0.311. The summed E-state index contributed by atoms with van der Waals surface area (Å²) in [5.41, 5.74) is 6.61. The van der Waals surface area contributed by atoms with E-state index in [-0.39, 0.29) is 0 Å². The normalized spacial score (nSPS) is 10.2. The molecule has 0 aliphatic rings. The van der Waals surface area contributed by atoms with E-state index in [1.165, 1.54) is 6.07 Å². The molecule has 0 radical (unpaired) electrons. The molecule has 0 amide bonds. The number of hydrogen-bond acceptors (Lipinski definition) is 4. The van der Waals surface area contributed by atoms with Crippen LogP contribution in [0.15, 0.2) is 40.9 Å². The maximum absolute atomic E-state index is 11.6. The highest BCUT2D eigenvalue weighted by Crippen LogP contribution is 2.34. The van der Waals surface area contributed by atoms with E-state index >= 15 is 0 Å². The van der Waals surface area contributed by atoms with Crippen LogP contribution in [0.3, 0.4) is 0 Å². The maximum Gasteiger partial charge on any atom is 0.338 e. The van der Waals surface area contributed by atoms with Crippen LogP contribution < -0.4 is 10.5 Å². The summed E-state index contributed by atoms with van der Waals surface area (Å²) in [6.45, 7) is 2.06. The molecule has 110 valence electrons. The monoisotopic (exact) mass is 369 g/mol. The summed E-state index contributed by atoms with van der Waals surface area (Å²) in [5.74, 6) is 0.486. The summed E-state index contributed by atoms with van der Waals surface area (Å²) in [6.07, 6.45) is 0. The Morgan fingerprint density at radius 1 is 1.24 bits per heavy atom. The number of carbonyl (C=O) groups is 1. The Morgan fingerprint density at radius 3 is 2.57 bits per heavy atom. The molecule has 2 rings (SSSR count). The fourth-order valence-electron chi connectivity index (χ4n) is 1.66. The Morgan fingerprint density at radius 2 is 1.95 bits per heavy atom. The first-order chi connectivity index (χ1) is 10.0. The molecule has 21 heavy (non-hydrogen) atoms. The number of nitrogens with two attached hydrogens (primary N) is 1. The van der Waals surface area contributed by atoms with Crippen LogP contribution in [-0.4, -0.2) is 12.6 Å². The minimum atomic E-state index is -0.419. The molecule has 0 spiro atoms. The molecule has 0 saturated carbocycles. The first-order valence-electron chi connectivity index (χ1n) is 6.20. The summed E-state index contributed by atoms with van der Waals surface area (Å²) in [6, 6.07) is 9.98. The number of rotatable bonds is 4. The summed E-state index contributed by atoms with van der Waals surface area (Å²) in [5, 5.41) is 0.457. The highest BCUT2D eigenvalue weighted by atomic mass is 79.9. The van der Waals surface area contributed by atoms with Gasteiger partial charge in [0.15, 0.2) is 0 Å². The third-order valence-electron chi connectivity index (χ3n) is 2.63. The lowest BCUT2D eigenvalue weighted by Gasteiger charge is -2.11. The average Bonchev–Trinajstić information content (AvgIpc) is 2.44. The molecule has 0 fully saturated rings. The zero-order chi connectivity index (χ0) is 15.4. The summed E-state index contributed by atoms with van der Waals surface area (Å²) < 4.78 is 11.4. The molecule has 2 aromatic rings. The van der Waals surface area contributed by atoms with Crippen molar-refractivity contribution < 1.29 is 14.3 Å². The molecule has 0 unspecified atom stereocenters. The van der Waals surface area contributed by atoms with Gasteiger partial charge in [-0.3, -0.25) is 0 Å². The molecule has 0 bridgehead atoms. The molecule has 6 heteroatoms. The molecule has 0 aliphatic heterocycles. The fourth-order valence-corrected chi connectivity index (χ4v) is 2.37. The maximum atomic E-state index is 11.6. The lowest BCUT2D eigenvalue weighted by Crippen LogP contribution is -2.05. The molecular formula is C15H13BrClNO3. The lowest BCUT2D eigenvalue weighted by atomic mass is 10.2. The number of esters is 1. The van der Waals surface area contributed by atoms with Gasteiger partial charge < -0.3 is 15.2 Å². The SMILES string of the molecule is CCOC(=O)c1ccc(Oc2ccc(Br)cc2Cl)c(N)c1. The smallest absolute Gasteiger partial charge is 0.338 e. The van der Waals surface area contributed by atoms with Gasteiger partial charge in [-0.1, -0.05) is 27.5 Å². The van der Waals surface area contributed by atoms with E-state index in [9.17, 15) is 4.79 Å². The number of hydrogen-bond donors (Lipinski definition) is 1. The van der Waals surface area contributed by atoms with Crippen LogP contribution >= 0.6 is 27.5 Å². The highest BCUT2D eigenvalue weighted by molar-refractivity contribution is 9.10. The van der Waals surface area contributed by atoms with Crippen LogP contribution in [0.25, 0.3) is 0 Å². The van der Waals surface area contributed by atoms with E-state index < -0.39 is 5.97 Å². The van der Waals surface area contributed by atoms with Gasteiger partial charge in [-0.15, -0.1) is 0 Å². The first kappa shape index (κ1) is 15.7. The van der Waals surface area contributed by atoms with Crippen LogP contribution in [0.1, 0.15) is 17.3 Å². The van der Waals surface area contributed by atoms with Gasteiger partial charge in [0, 0.05) is 4.47 Å². The van der Waals surface area contributed by atoms with Crippen molar-refractivity contribution in [2.45, 2.75) is 6.92 Å². The first-order valence-corrected chi connectivity index (χ1v) is 7.38. The molecule has 0 heterocycles. The third kappa shape index (κ3) is 3.89. The topological polar surface area (TPSA) is 61.5 Å². The number of halogens is 2. The van der Waals surface area contributed by atoms with Crippen molar-refractivity contribution in [1.29, 1.82) is 0 Å². The van der Waals surface area contributed by atoms with Crippen LogP contribution in [-0.2, 0) is 4.74 Å². The standard InChI is InChI=1S/C15H13BrClNO3/c1-2-20-15(19)9-3-5-14(12(18)7-9)21-13-6-4-10(16)8-11(13)17/h3-8H,2,18H2,1H3. The number of benzene rings is 2. The van der Waals surface area contributed by atoms with Gasteiger partial charge in [-0.2, -0.15) is 0 Å². The number of ether oxygens (including phenoxy) is 2. The second-order valence-electron chi connectivity index (χ2n) is 4.15. The molecule has 2 N–H and O–H groups in total. The molecule has 4 nitrogen and oxygen atoms in total.